The standard InChI is InChI=1S/C27H30ClN3O2/c1-20-11-12-24(17-25(20)28)30-27(32)26(21-7-3-2-4-8-21)29-18-22-9-5-6-10-23(22)19-31-13-15-33-16-14-31/h2-12,17,26,29H,13-16,18-19H2,1H3,(H,30,32). The first-order valence-electron chi connectivity index (χ1n) is 11.3. The van der Waals surface area contributed by atoms with Crippen LogP contribution in [0.25, 0.3) is 0 Å². The van der Waals surface area contributed by atoms with E-state index in [-0.39, 0.29) is 5.91 Å². The van der Waals surface area contributed by atoms with Crippen LogP contribution < -0.4 is 10.6 Å². The molecule has 33 heavy (non-hydrogen) atoms. The van der Waals surface area contributed by atoms with Gasteiger partial charge in [0.2, 0.25) is 5.91 Å². The third-order valence-electron chi connectivity index (χ3n) is 5.95. The molecule has 0 aromatic heterocycles. The molecule has 1 saturated heterocycles. The zero-order chi connectivity index (χ0) is 23.0. The number of carbonyl (C=O) groups is 1. The van der Waals surface area contributed by atoms with Crippen LogP contribution in [-0.2, 0) is 22.6 Å². The monoisotopic (exact) mass is 463 g/mol. The van der Waals surface area contributed by atoms with Crippen LogP contribution in [0.15, 0.2) is 72.8 Å². The average molecular weight is 464 g/mol. The van der Waals surface area contributed by atoms with E-state index in [1.165, 1.54) is 11.1 Å². The molecule has 1 aliphatic rings. The van der Waals surface area contributed by atoms with Gasteiger partial charge in [0.05, 0.1) is 13.2 Å². The minimum absolute atomic E-state index is 0.119. The van der Waals surface area contributed by atoms with E-state index in [1.807, 2.05) is 55.5 Å². The predicted molar refractivity (Wildman–Crippen MR) is 133 cm³/mol. The third kappa shape index (κ3) is 6.42. The summed E-state index contributed by atoms with van der Waals surface area (Å²) in [5.41, 5.74) is 5.04. The molecule has 0 radical (unpaired) electrons. The Bertz CT molecular complexity index is 1070. The van der Waals surface area contributed by atoms with Crippen LogP contribution in [0.1, 0.15) is 28.3 Å². The fourth-order valence-corrected chi connectivity index (χ4v) is 4.17. The molecule has 0 saturated carbocycles. The molecule has 0 aliphatic carbocycles. The summed E-state index contributed by atoms with van der Waals surface area (Å²) in [6.07, 6.45) is 0. The molecule has 1 aliphatic heterocycles. The zero-order valence-corrected chi connectivity index (χ0v) is 19.6. The minimum atomic E-state index is -0.497. The van der Waals surface area contributed by atoms with Gasteiger partial charge in [-0.15, -0.1) is 0 Å². The van der Waals surface area contributed by atoms with Crippen molar-refractivity contribution in [2.45, 2.75) is 26.1 Å². The van der Waals surface area contributed by atoms with Crippen molar-refractivity contribution in [2.75, 3.05) is 31.6 Å². The summed E-state index contributed by atoms with van der Waals surface area (Å²) in [4.78, 5) is 15.7. The molecule has 3 aromatic carbocycles. The number of ether oxygens (including phenoxy) is 1. The minimum Gasteiger partial charge on any atom is -0.379 e. The highest BCUT2D eigenvalue weighted by molar-refractivity contribution is 6.31. The van der Waals surface area contributed by atoms with E-state index < -0.39 is 6.04 Å². The van der Waals surface area contributed by atoms with Gasteiger partial charge in [-0.3, -0.25) is 15.0 Å². The number of halogens is 1. The molecule has 172 valence electrons. The number of nitrogens with one attached hydrogen (secondary N) is 2. The molecule has 4 rings (SSSR count). The molecule has 0 bridgehead atoms. The number of carbonyl (C=O) groups excluding carboxylic acids is 1. The Morgan fingerprint density at radius 2 is 1.70 bits per heavy atom. The van der Waals surface area contributed by atoms with Gasteiger partial charge in [0, 0.05) is 36.9 Å². The second-order valence-corrected chi connectivity index (χ2v) is 8.74. The lowest BCUT2D eigenvalue weighted by Gasteiger charge is -2.27. The molecular weight excluding hydrogens is 434 g/mol. The summed E-state index contributed by atoms with van der Waals surface area (Å²) in [6, 6.07) is 23.3. The van der Waals surface area contributed by atoms with Gasteiger partial charge >= 0.3 is 0 Å². The van der Waals surface area contributed by atoms with Gasteiger partial charge in [0.15, 0.2) is 0 Å². The number of morpholine rings is 1. The topological polar surface area (TPSA) is 53.6 Å². The summed E-state index contributed by atoms with van der Waals surface area (Å²) in [7, 11) is 0. The molecule has 1 heterocycles. The van der Waals surface area contributed by atoms with Gasteiger partial charge in [-0.25, -0.2) is 0 Å². The largest absolute Gasteiger partial charge is 0.379 e. The van der Waals surface area contributed by atoms with Gasteiger partial charge in [-0.05, 0) is 41.3 Å². The van der Waals surface area contributed by atoms with Crippen LogP contribution in [0.2, 0.25) is 5.02 Å². The van der Waals surface area contributed by atoms with Crippen molar-refractivity contribution >= 4 is 23.2 Å². The summed E-state index contributed by atoms with van der Waals surface area (Å²) < 4.78 is 5.48. The molecule has 1 atom stereocenters. The van der Waals surface area contributed by atoms with Crippen molar-refractivity contribution in [3.05, 3.63) is 100 Å². The average Bonchev–Trinajstić information content (AvgIpc) is 2.84. The Morgan fingerprint density at radius 3 is 2.42 bits per heavy atom. The third-order valence-corrected chi connectivity index (χ3v) is 6.35. The van der Waals surface area contributed by atoms with E-state index in [9.17, 15) is 4.79 Å². The van der Waals surface area contributed by atoms with E-state index in [0.717, 1.165) is 44.0 Å². The Kier molecular flexibility index (Phi) is 8.13. The summed E-state index contributed by atoms with van der Waals surface area (Å²) in [6.45, 7) is 6.84. The fraction of sp³-hybridized carbons (Fsp3) is 0.296. The molecule has 1 amide bonds. The van der Waals surface area contributed by atoms with Crippen LogP contribution in [0, 0.1) is 6.92 Å². The molecule has 6 heteroatoms. The van der Waals surface area contributed by atoms with Crippen LogP contribution in [0.4, 0.5) is 5.69 Å². The summed E-state index contributed by atoms with van der Waals surface area (Å²) in [5, 5.41) is 7.14. The predicted octanol–water partition coefficient (Wildman–Crippen LogP) is 4.95. The van der Waals surface area contributed by atoms with Gasteiger partial charge in [0.1, 0.15) is 6.04 Å². The van der Waals surface area contributed by atoms with Crippen molar-refractivity contribution in [3.63, 3.8) is 0 Å². The lowest BCUT2D eigenvalue weighted by Crippen LogP contribution is -2.36. The van der Waals surface area contributed by atoms with Crippen molar-refractivity contribution in [1.82, 2.24) is 10.2 Å². The molecule has 0 spiro atoms. The second-order valence-electron chi connectivity index (χ2n) is 8.34. The Balaban J connectivity index is 1.49. The quantitative estimate of drug-likeness (QED) is 0.496. The van der Waals surface area contributed by atoms with E-state index >= 15 is 0 Å². The number of aryl methyl sites for hydroxylation is 1. The van der Waals surface area contributed by atoms with Crippen molar-refractivity contribution in [2.24, 2.45) is 0 Å². The number of rotatable bonds is 8. The van der Waals surface area contributed by atoms with Crippen molar-refractivity contribution in [3.8, 4) is 0 Å². The van der Waals surface area contributed by atoms with Crippen LogP contribution in [0.5, 0.6) is 0 Å². The smallest absolute Gasteiger partial charge is 0.246 e. The zero-order valence-electron chi connectivity index (χ0n) is 18.9. The van der Waals surface area contributed by atoms with Crippen molar-refractivity contribution in [1.29, 1.82) is 0 Å². The fourth-order valence-electron chi connectivity index (χ4n) is 3.99. The van der Waals surface area contributed by atoms with Crippen LogP contribution in [0.3, 0.4) is 0 Å². The van der Waals surface area contributed by atoms with Gasteiger partial charge in [-0.1, -0.05) is 72.3 Å². The number of hydrogen-bond acceptors (Lipinski definition) is 4. The molecule has 2 N–H and O–H groups in total. The number of hydrogen-bond donors (Lipinski definition) is 2. The van der Waals surface area contributed by atoms with E-state index in [2.05, 4.69) is 33.7 Å². The van der Waals surface area contributed by atoms with Gasteiger partial charge in [-0.2, -0.15) is 0 Å². The van der Waals surface area contributed by atoms with Crippen LogP contribution in [-0.4, -0.2) is 37.1 Å². The Labute approximate surface area is 200 Å². The van der Waals surface area contributed by atoms with E-state index in [0.29, 0.717) is 17.3 Å². The maximum atomic E-state index is 13.3. The highest BCUT2D eigenvalue weighted by Gasteiger charge is 2.21. The second kappa shape index (κ2) is 11.4. The van der Waals surface area contributed by atoms with E-state index in [1.54, 1.807) is 6.07 Å². The lowest BCUT2D eigenvalue weighted by molar-refractivity contribution is -0.118. The Hall–Kier alpha value is -2.70. The van der Waals surface area contributed by atoms with Crippen LogP contribution >= 0.6 is 11.6 Å². The van der Waals surface area contributed by atoms with Gasteiger partial charge < -0.3 is 10.1 Å². The number of benzene rings is 3. The molecule has 1 fully saturated rings. The van der Waals surface area contributed by atoms with Gasteiger partial charge in [0.25, 0.3) is 0 Å². The number of nitrogens with zero attached hydrogens (tertiary/aromatic N) is 1. The normalized spacial score (nSPS) is 15.2. The first kappa shape index (κ1) is 23.5. The molecule has 3 aromatic rings. The summed E-state index contributed by atoms with van der Waals surface area (Å²) >= 11 is 6.25. The highest BCUT2D eigenvalue weighted by atomic mass is 35.5. The maximum Gasteiger partial charge on any atom is 0.246 e. The molecule has 1 unspecified atom stereocenters. The summed E-state index contributed by atoms with van der Waals surface area (Å²) in [5.74, 6) is -0.119. The first-order chi connectivity index (χ1) is 16.1. The lowest BCUT2D eigenvalue weighted by atomic mass is 10.0. The Morgan fingerprint density at radius 1 is 1.00 bits per heavy atom. The maximum absolute atomic E-state index is 13.3. The SMILES string of the molecule is Cc1ccc(NC(=O)C(NCc2ccccc2CN2CCOCC2)c2ccccc2)cc1Cl. The number of anilines is 1. The number of amides is 1. The first-order valence-corrected chi connectivity index (χ1v) is 11.7. The van der Waals surface area contributed by atoms with Crippen molar-refractivity contribution < 1.29 is 9.53 Å². The molecular formula is C27H30ClN3O2. The highest BCUT2D eigenvalue weighted by Crippen LogP contribution is 2.22. The van der Waals surface area contributed by atoms with E-state index in [4.69, 9.17) is 16.3 Å². The molecule has 5 nitrogen and oxygen atoms in total.